The average molecular weight is 461 g/mol. The van der Waals surface area contributed by atoms with Crippen molar-refractivity contribution in [3.63, 3.8) is 0 Å². The van der Waals surface area contributed by atoms with Crippen molar-refractivity contribution >= 4 is 11.0 Å². The Hall–Kier alpha value is -3.00. The lowest BCUT2D eigenvalue weighted by atomic mass is 9.94. The van der Waals surface area contributed by atoms with E-state index in [4.69, 9.17) is 9.15 Å². The van der Waals surface area contributed by atoms with Crippen molar-refractivity contribution in [1.82, 2.24) is 4.90 Å². The zero-order chi connectivity index (χ0) is 23.8. The lowest BCUT2D eigenvalue weighted by Gasteiger charge is -2.31. The van der Waals surface area contributed by atoms with Gasteiger partial charge in [-0.3, -0.25) is 9.69 Å². The predicted octanol–water partition coefficient (Wildman–Crippen LogP) is 6.38. The number of fused-ring (bicyclic) bond motifs is 1. The number of halogens is 3. The third kappa shape index (κ3) is 4.85. The molecule has 0 unspecified atom stereocenters. The highest BCUT2D eigenvalue weighted by molar-refractivity contribution is 5.83. The summed E-state index contributed by atoms with van der Waals surface area (Å²) in [5.74, 6) is -2.55. The summed E-state index contributed by atoms with van der Waals surface area (Å²) in [6.45, 7) is 1.92. The van der Waals surface area contributed by atoms with Crippen molar-refractivity contribution in [3.8, 4) is 17.2 Å². The van der Waals surface area contributed by atoms with Crippen molar-refractivity contribution in [1.29, 1.82) is 0 Å². The molecule has 0 atom stereocenters. The number of rotatable bonds is 5. The minimum Gasteiger partial charge on any atom is -0.507 e. The van der Waals surface area contributed by atoms with E-state index in [9.17, 15) is 23.1 Å². The Balaban J connectivity index is 1.83. The van der Waals surface area contributed by atoms with Gasteiger partial charge in [-0.1, -0.05) is 31.4 Å². The molecular weight excluding hydrogens is 435 g/mol. The number of benzene rings is 2. The number of hydrogen-bond acceptors (Lipinski definition) is 5. The predicted molar refractivity (Wildman–Crippen MR) is 119 cm³/mol. The van der Waals surface area contributed by atoms with Crippen LogP contribution in [-0.4, -0.2) is 23.1 Å². The molecule has 0 saturated heterocycles. The first-order valence-electron chi connectivity index (χ1n) is 11.0. The summed E-state index contributed by atoms with van der Waals surface area (Å²) in [5, 5.41) is 10.4. The first kappa shape index (κ1) is 23.2. The molecule has 0 bridgehead atoms. The minimum absolute atomic E-state index is 0.0736. The highest BCUT2D eigenvalue weighted by Crippen LogP contribution is 2.40. The number of nitrogens with zero attached hydrogens (tertiary/aromatic N) is 1. The van der Waals surface area contributed by atoms with Gasteiger partial charge in [0, 0.05) is 12.6 Å². The van der Waals surface area contributed by atoms with Crippen molar-refractivity contribution in [2.75, 3.05) is 7.05 Å². The summed E-state index contributed by atoms with van der Waals surface area (Å²) in [6.07, 6.45) is 0.331. The molecule has 1 fully saturated rings. The zero-order valence-electron chi connectivity index (χ0n) is 18.5. The molecule has 0 spiro atoms. The van der Waals surface area contributed by atoms with Gasteiger partial charge in [0.1, 0.15) is 17.1 Å². The summed E-state index contributed by atoms with van der Waals surface area (Å²) in [4.78, 5) is 15.2. The van der Waals surface area contributed by atoms with Crippen LogP contribution in [0, 0.1) is 6.92 Å². The van der Waals surface area contributed by atoms with Crippen molar-refractivity contribution < 1.29 is 27.4 Å². The molecule has 5 nitrogen and oxygen atoms in total. The fourth-order valence-corrected chi connectivity index (χ4v) is 4.42. The summed E-state index contributed by atoms with van der Waals surface area (Å²) >= 11 is 0. The van der Waals surface area contributed by atoms with E-state index in [2.05, 4.69) is 0 Å². The van der Waals surface area contributed by atoms with Gasteiger partial charge in [-0.25, -0.2) is 0 Å². The SMILES string of the molecule is Cc1cccc(Oc2c(C(F)(F)F)oc3c(CN(C)C4CCCCC4)c(O)ccc3c2=O)c1. The van der Waals surface area contributed by atoms with Crippen LogP contribution in [0.25, 0.3) is 11.0 Å². The normalized spacial score (nSPS) is 15.3. The van der Waals surface area contributed by atoms with E-state index in [1.165, 1.54) is 24.3 Å². The standard InChI is InChI=1S/C25H26F3NO4/c1-15-7-6-10-17(13-15)32-23-21(31)18-11-12-20(30)19(22(18)33-24(23)25(26,27)28)14-29(2)16-8-4-3-5-9-16/h6-7,10-13,16,30H,3-5,8-9,14H2,1-2H3. The molecule has 1 saturated carbocycles. The number of hydrogen-bond donors (Lipinski definition) is 1. The molecule has 33 heavy (non-hydrogen) atoms. The number of phenolic OH excluding ortho intramolecular Hbond substituents is 1. The molecule has 1 N–H and O–H groups in total. The van der Waals surface area contributed by atoms with Gasteiger partial charge in [-0.05, 0) is 56.6 Å². The molecule has 0 radical (unpaired) electrons. The second-order valence-corrected chi connectivity index (χ2v) is 8.65. The number of aromatic hydroxyl groups is 1. The Labute approximate surface area is 189 Å². The molecule has 176 valence electrons. The summed E-state index contributed by atoms with van der Waals surface area (Å²) in [5.41, 5.74) is -0.285. The Morgan fingerprint density at radius 3 is 2.55 bits per heavy atom. The fraction of sp³-hybridized carbons (Fsp3) is 0.400. The first-order valence-corrected chi connectivity index (χ1v) is 11.0. The highest BCUT2D eigenvalue weighted by atomic mass is 19.4. The third-order valence-corrected chi connectivity index (χ3v) is 6.17. The maximum Gasteiger partial charge on any atom is 0.453 e. The van der Waals surface area contributed by atoms with Crippen molar-refractivity contribution in [2.45, 2.75) is 57.8 Å². The minimum atomic E-state index is -4.97. The maximum atomic E-state index is 13.9. The van der Waals surface area contributed by atoms with Crippen molar-refractivity contribution in [2.24, 2.45) is 0 Å². The van der Waals surface area contributed by atoms with Gasteiger partial charge in [0.05, 0.1) is 10.9 Å². The van der Waals surface area contributed by atoms with Crippen LogP contribution in [0.5, 0.6) is 17.2 Å². The summed E-state index contributed by atoms with van der Waals surface area (Å²) < 4.78 is 52.5. The number of phenols is 1. The monoisotopic (exact) mass is 461 g/mol. The molecule has 0 amide bonds. The van der Waals surface area contributed by atoms with E-state index >= 15 is 0 Å². The van der Waals surface area contributed by atoms with Gasteiger partial charge in [0.2, 0.25) is 11.2 Å². The molecule has 1 aliphatic carbocycles. The molecule has 1 aromatic heterocycles. The lowest BCUT2D eigenvalue weighted by Crippen LogP contribution is -2.33. The maximum absolute atomic E-state index is 13.9. The summed E-state index contributed by atoms with van der Waals surface area (Å²) in [7, 11) is 1.87. The molecule has 4 rings (SSSR count). The molecule has 3 aromatic rings. The largest absolute Gasteiger partial charge is 0.507 e. The zero-order valence-corrected chi connectivity index (χ0v) is 18.5. The van der Waals surface area contributed by atoms with E-state index in [0.29, 0.717) is 0 Å². The lowest BCUT2D eigenvalue weighted by molar-refractivity contribution is -0.154. The Morgan fingerprint density at radius 1 is 1.15 bits per heavy atom. The van der Waals surface area contributed by atoms with Gasteiger partial charge < -0.3 is 14.3 Å². The van der Waals surface area contributed by atoms with Gasteiger partial charge in [-0.2, -0.15) is 13.2 Å². The van der Waals surface area contributed by atoms with Crippen LogP contribution in [-0.2, 0) is 12.7 Å². The van der Waals surface area contributed by atoms with Gasteiger partial charge in [0.15, 0.2) is 0 Å². The highest BCUT2D eigenvalue weighted by Gasteiger charge is 2.41. The van der Waals surface area contributed by atoms with Crippen LogP contribution in [0.2, 0.25) is 0 Å². The van der Waals surface area contributed by atoms with Crippen LogP contribution < -0.4 is 10.2 Å². The Bertz CT molecular complexity index is 1210. The van der Waals surface area contributed by atoms with Crippen LogP contribution in [0.15, 0.2) is 45.6 Å². The molecule has 1 heterocycles. The van der Waals surface area contributed by atoms with E-state index < -0.39 is 23.1 Å². The Morgan fingerprint density at radius 2 is 1.88 bits per heavy atom. The van der Waals surface area contributed by atoms with Crippen LogP contribution in [0.3, 0.4) is 0 Å². The average Bonchev–Trinajstić information content (AvgIpc) is 2.77. The third-order valence-electron chi connectivity index (χ3n) is 6.17. The smallest absolute Gasteiger partial charge is 0.453 e. The second kappa shape index (κ2) is 9.09. The summed E-state index contributed by atoms with van der Waals surface area (Å²) in [6, 6.07) is 9.22. The quantitative estimate of drug-likeness (QED) is 0.478. The number of ether oxygens (including phenoxy) is 1. The molecule has 1 aliphatic rings. The van der Waals surface area contributed by atoms with E-state index in [0.717, 1.165) is 37.7 Å². The van der Waals surface area contributed by atoms with Crippen LogP contribution >= 0.6 is 0 Å². The number of aryl methyl sites for hydroxylation is 1. The molecule has 0 aliphatic heterocycles. The topological polar surface area (TPSA) is 62.9 Å². The second-order valence-electron chi connectivity index (χ2n) is 8.65. The molecular formula is C25H26F3NO4. The van der Waals surface area contributed by atoms with Gasteiger partial charge >= 0.3 is 6.18 Å². The van der Waals surface area contributed by atoms with Gasteiger partial charge in [-0.15, -0.1) is 0 Å². The Kier molecular flexibility index (Phi) is 6.38. The molecule has 8 heteroatoms. The first-order chi connectivity index (χ1) is 15.6. The fourth-order valence-electron chi connectivity index (χ4n) is 4.42. The van der Waals surface area contributed by atoms with E-state index in [1.807, 2.05) is 11.9 Å². The van der Waals surface area contributed by atoms with Gasteiger partial charge in [0.25, 0.3) is 5.76 Å². The van der Waals surface area contributed by atoms with E-state index in [1.54, 1.807) is 19.1 Å². The number of alkyl halides is 3. The van der Waals surface area contributed by atoms with E-state index in [-0.39, 0.29) is 40.6 Å². The van der Waals surface area contributed by atoms with Crippen LogP contribution in [0.1, 0.15) is 49.0 Å². The molecule has 2 aromatic carbocycles. The van der Waals surface area contributed by atoms with Crippen LogP contribution in [0.4, 0.5) is 13.2 Å². The van der Waals surface area contributed by atoms with Crippen molar-refractivity contribution in [3.05, 3.63) is 63.5 Å².